The molecule has 1 aromatic rings. The SMILES string of the molecule is CCOCCOCCCCCCCCCCCC#Cc1ccc(F)cc1. The molecule has 1 aromatic carbocycles. The highest BCUT2D eigenvalue weighted by Gasteiger charge is 1.94. The van der Waals surface area contributed by atoms with Crippen LogP contribution in [0.3, 0.4) is 0 Å². The summed E-state index contributed by atoms with van der Waals surface area (Å²) in [6.07, 6.45) is 12.4. The number of rotatable bonds is 15. The molecule has 0 fully saturated rings. The maximum absolute atomic E-state index is 12.8. The zero-order valence-corrected chi connectivity index (χ0v) is 16.4. The van der Waals surface area contributed by atoms with Crippen LogP contribution in [0.2, 0.25) is 0 Å². The minimum Gasteiger partial charge on any atom is -0.379 e. The Bertz CT molecular complexity index is 487. The molecule has 26 heavy (non-hydrogen) atoms. The van der Waals surface area contributed by atoms with Crippen LogP contribution in [0.4, 0.5) is 4.39 Å². The standard InChI is InChI=1S/C23H35FO2/c1-2-25-20-21-26-19-13-11-9-7-5-3-4-6-8-10-12-14-22-15-17-23(24)18-16-22/h15-18H,2-11,13,19-21H2,1H3. The number of halogens is 1. The van der Waals surface area contributed by atoms with E-state index in [9.17, 15) is 4.39 Å². The van der Waals surface area contributed by atoms with E-state index in [1.807, 2.05) is 6.92 Å². The van der Waals surface area contributed by atoms with Crippen LogP contribution in [-0.2, 0) is 9.47 Å². The molecule has 0 spiro atoms. The fraction of sp³-hybridized carbons (Fsp3) is 0.652. The molecule has 0 N–H and O–H groups in total. The normalized spacial score (nSPS) is 10.5. The van der Waals surface area contributed by atoms with E-state index in [1.165, 1.54) is 63.5 Å². The van der Waals surface area contributed by atoms with Crippen LogP contribution in [0.15, 0.2) is 24.3 Å². The van der Waals surface area contributed by atoms with Gasteiger partial charge >= 0.3 is 0 Å². The van der Waals surface area contributed by atoms with E-state index in [1.54, 1.807) is 12.1 Å². The van der Waals surface area contributed by atoms with Crippen molar-refractivity contribution >= 4 is 0 Å². The first-order chi connectivity index (χ1) is 12.8. The maximum atomic E-state index is 12.8. The highest BCUT2D eigenvalue weighted by atomic mass is 19.1. The Balaban J connectivity index is 1.79. The van der Waals surface area contributed by atoms with Crippen molar-refractivity contribution in [3.05, 3.63) is 35.6 Å². The highest BCUT2D eigenvalue weighted by molar-refractivity contribution is 5.33. The van der Waals surface area contributed by atoms with E-state index in [0.29, 0.717) is 6.61 Å². The van der Waals surface area contributed by atoms with Crippen molar-refractivity contribution in [3.63, 3.8) is 0 Å². The van der Waals surface area contributed by atoms with Gasteiger partial charge in [-0.3, -0.25) is 0 Å². The molecule has 0 aliphatic heterocycles. The summed E-state index contributed by atoms with van der Waals surface area (Å²) in [6, 6.07) is 6.38. The van der Waals surface area contributed by atoms with Gasteiger partial charge in [-0.1, -0.05) is 56.8 Å². The first-order valence-electron chi connectivity index (χ1n) is 10.2. The molecule has 0 saturated heterocycles. The highest BCUT2D eigenvalue weighted by Crippen LogP contribution is 2.10. The van der Waals surface area contributed by atoms with Crippen LogP contribution in [0.25, 0.3) is 0 Å². The molecule has 0 aliphatic rings. The number of ether oxygens (including phenoxy) is 2. The fourth-order valence-electron chi connectivity index (χ4n) is 2.72. The summed E-state index contributed by atoms with van der Waals surface area (Å²) in [7, 11) is 0. The molecule has 0 aliphatic carbocycles. The Labute approximate surface area is 159 Å². The maximum Gasteiger partial charge on any atom is 0.123 e. The number of unbranched alkanes of at least 4 members (excludes halogenated alkanes) is 9. The summed E-state index contributed by atoms with van der Waals surface area (Å²) in [6.45, 7) is 5.08. The van der Waals surface area contributed by atoms with Crippen molar-refractivity contribution in [2.24, 2.45) is 0 Å². The lowest BCUT2D eigenvalue weighted by Crippen LogP contribution is -2.04. The van der Waals surface area contributed by atoms with Gasteiger partial charge in [0.1, 0.15) is 5.82 Å². The first-order valence-corrected chi connectivity index (χ1v) is 10.2. The Hall–Kier alpha value is -1.37. The largest absolute Gasteiger partial charge is 0.379 e. The van der Waals surface area contributed by atoms with Gasteiger partial charge in [-0.15, -0.1) is 0 Å². The second kappa shape index (κ2) is 17.1. The zero-order chi connectivity index (χ0) is 18.7. The van der Waals surface area contributed by atoms with Gasteiger partial charge in [0.05, 0.1) is 13.2 Å². The third kappa shape index (κ3) is 13.9. The van der Waals surface area contributed by atoms with Crippen LogP contribution >= 0.6 is 0 Å². The molecule has 146 valence electrons. The molecule has 0 heterocycles. The molecule has 0 radical (unpaired) electrons. The van der Waals surface area contributed by atoms with Gasteiger partial charge in [0.25, 0.3) is 0 Å². The average Bonchev–Trinajstić information content (AvgIpc) is 2.66. The van der Waals surface area contributed by atoms with Crippen molar-refractivity contribution in [3.8, 4) is 11.8 Å². The Morgan fingerprint density at radius 3 is 1.96 bits per heavy atom. The molecule has 0 saturated carbocycles. The van der Waals surface area contributed by atoms with Gasteiger partial charge in [-0.05, 0) is 44.0 Å². The summed E-state index contributed by atoms with van der Waals surface area (Å²) in [5, 5.41) is 0. The third-order valence-corrected chi connectivity index (χ3v) is 4.24. The van der Waals surface area contributed by atoms with Gasteiger partial charge in [0.2, 0.25) is 0 Å². The van der Waals surface area contributed by atoms with Crippen molar-refractivity contribution in [2.75, 3.05) is 26.4 Å². The van der Waals surface area contributed by atoms with E-state index >= 15 is 0 Å². The number of benzene rings is 1. The quantitative estimate of drug-likeness (QED) is 0.276. The average molecular weight is 363 g/mol. The minimum atomic E-state index is -0.207. The van der Waals surface area contributed by atoms with Gasteiger partial charge < -0.3 is 9.47 Å². The van der Waals surface area contributed by atoms with Crippen molar-refractivity contribution in [2.45, 2.75) is 71.1 Å². The Kier molecular flexibility index (Phi) is 14.9. The summed E-state index contributed by atoms with van der Waals surface area (Å²) in [4.78, 5) is 0. The van der Waals surface area contributed by atoms with Crippen LogP contribution in [0.5, 0.6) is 0 Å². The van der Waals surface area contributed by atoms with Gasteiger partial charge in [0.15, 0.2) is 0 Å². The van der Waals surface area contributed by atoms with Gasteiger partial charge in [-0.2, -0.15) is 0 Å². The second-order valence-electron chi connectivity index (χ2n) is 6.55. The lowest BCUT2D eigenvalue weighted by Gasteiger charge is -2.04. The molecular weight excluding hydrogens is 327 g/mol. The van der Waals surface area contributed by atoms with E-state index in [-0.39, 0.29) is 5.82 Å². The lowest BCUT2D eigenvalue weighted by molar-refractivity contribution is 0.0512. The predicted octanol–water partition coefficient (Wildman–Crippen LogP) is 6.13. The zero-order valence-electron chi connectivity index (χ0n) is 16.4. The monoisotopic (exact) mass is 362 g/mol. The summed E-state index contributed by atoms with van der Waals surface area (Å²) < 4.78 is 23.5. The molecular formula is C23H35FO2. The molecule has 0 amide bonds. The van der Waals surface area contributed by atoms with Crippen molar-refractivity contribution in [1.82, 2.24) is 0 Å². The number of hydrogen-bond donors (Lipinski definition) is 0. The van der Waals surface area contributed by atoms with E-state index in [0.717, 1.165) is 38.2 Å². The Morgan fingerprint density at radius 2 is 1.31 bits per heavy atom. The molecule has 2 nitrogen and oxygen atoms in total. The van der Waals surface area contributed by atoms with E-state index in [4.69, 9.17) is 9.47 Å². The fourth-order valence-corrected chi connectivity index (χ4v) is 2.72. The molecule has 3 heteroatoms. The summed E-state index contributed by atoms with van der Waals surface area (Å²) in [5.41, 5.74) is 0.895. The Morgan fingerprint density at radius 1 is 0.731 bits per heavy atom. The molecule has 1 rings (SSSR count). The van der Waals surface area contributed by atoms with Gasteiger partial charge in [-0.25, -0.2) is 4.39 Å². The second-order valence-corrected chi connectivity index (χ2v) is 6.55. The summed E-state index contributed by atoms with van der Waals surface area (Å²) in [5.74, 6) is 6.06. The van der Waals surface area contributed by atoms with Crippen LogP contribution in [0, 0.1) is 17.7 Å². The molecule has 0 bridgehead atoms. The van der Waals surface area contributed by atoms with E-state index < -0.39 is 0 Å². The lowest BCUT2D eigenvalue weighted by atomic mass is 10.1. The van der Waals surface area contributed by atoms with Crippen molar-refractivity contribution < 1.29 is 13.9 Å². The van der Waals surface area contributed by atoms with Gasteiger partial charge in [0, 0.05) is 25.2 Å². The van der Waals surface area contributed by atoms with Crippen LogP contribution < -0.4 is 0 Å². The third-order valence-electron chi connectivity index (χ3n) is 4.24. The topological polar surface area (TPSA) is 18.5 Å². The molecule has 0 unspecified atom stereocenters. The molecule has 0 atom stereocenters. The van der Waals surface area contributed by atoms with Crippen LogP contribution in [-0.4, -0.2) is 26.4 Å². The number of hydrogen-bond acceptors (Lipinski definition) is 2. The first kappa shape index (κ1) is 22.7. The minimum absolute atomic E-state index is 0.207. The van der Waals surface area contributed by atoms with Crippen LogP contribution in [0.1, 0.15) is 76.7 Å². The smallest absolute Gasteiger partial charge is 0.123 e. The summed E-state index contributed by atoms with van der Waals surface area (Å²) >= 11 is 0. The predicted molar refractivity (Wildman–Crippen MR) is 107 cm³/mol. The molecule has 0 aromatic heterocycles. The van der Waals surface area contributed by atoms with Crippen molar-refractivity contribution in [1.29, 1.82) is 0 Å². The van der Waals surface area contributed by atoms with E-state index in [2.05, 4.69) is 11.8 Å².